The van der Waals surface area contributed by atoms with Gasteiger partial charge in [-0.2, -0.15) is 0 Å². The van der Waals surface area contributed by atoms with Crippen molar-refractivity contribution in [3.05, 3.63) is 88.1 Å². The Kier molecular flexibility index (Phi) is 12.8. The van der Waals surface area contributed by atoms with Crippen LogP contribution in [-0.2, 0) is 30.2 Å². The number of amides is 4. The molecule has 1 aliphatic carbocycles. The number of halogens is 1. The minimum atomic E-state index is -0.772. The van der Waals surface area contributed by atoms with Gasteiger partial charge < -0.3 is 49.3 Å². The number of aromatic nitrogens is 5. The third-order valence-corrected chi connectivity index (χ3v) is 16.8. The van der Waals surface area contributed by atoms with Gasteiger partial charge in [-0.05, 0) is 119 Å². The van der Waals surface area contributed by atoms with Crippen LogP contribution in [0.15, 0.2) is 60.9 Å². The van der Waals surface area contributed by atoms with E-state index in [0.29, 0.717) is 71.6 Å². The second kappa shape index (κ2) is 19.3. The van der Waals surface area contributed by atoms with E-state index in [1.807, 2.05) is 56.9 Å². The number of H-pyrrole nitrogens is 2. The first-order chi connectivity index (χ1) is 35.2. The molecule has 4 amide bonds. The molecule has 3 unspecified atom stereocenters. The summed E-state index contributed by atoms with van der Waals surface area (Å²) in [6, 6.07) is 13.6. The summed E-state index contributed by atoms with van der Waals surface area (Å²) in [6.07, 6.45) is 6.76. The summed E-state index contributed by atoms with van der Waals surface area (Å²) < 4.78 is 41.7. The van der Waals surface area contributed by atoms with Crippen molar-refractivity contribution < 1.29 is 42.5 Å². The van der Waals surface area contributed by atoms with Crippen LogP contribution in [0, 0.1) is 23.6 Å². The molecule has 4 aromatic heterocycles. The molecule has 19 heteroatoms. The molecule has 73 heavy (non-hydrogen) atoms. The lowest BCUT2D eigenvalue weighted by Crippen LogP contribution is -2.55. The van der Waals surface area contributed by atoms with Gasteiger partial charge in [-0.15, -0.1) is 11.3 Å². The summed E-state index contributed by atoms with van der Waals surface area (Å²) in [5, 5.41) is 6.47. The molecule has 2 aromatic carbocycles. The normalized spacial score (nSPS) is 24.9. The number of methoxy groups -OCH3 is 2. The Hall–Kier alpha value is -6.73. The molecule has 5 aliphatic rings. The number of carbonyl (C=O) groups is 4. The number of likely N-dealkylation sites (tertiary alicyclic amines) is 2. The average molecular weight is 1020 g/mol. The van der Waals surface area contributed by atoms with E-state index in [0.717, 1.165) is 52.7 Å². The number of thiophene rings is 1. The Labute approximate surface area is 426 Å². The molecular weight excluding hydrogens is 954 g/mol. The maximum atomic E-state index is 17.0. The summed E-state index contributed by atoms with van der Waals surface area (Å²) in [5.41, 5.74) is 4.66. The van der Waals surface area contributed by atoms with E-state index in [2.05, 4.69) is 50.3 Å². The van der Waals surface area contributed by atoms with Crippen LogP contribution in [0.1, 0.15) is 113 Å². The number of aromatic amines is 2. The maximum absolute atomic E-state index is 17.0. The van der Waals surface area contributed by atoms with Crippen molar-refractivity contribution in [1.82, 2.24) is 44.9 Å². The van der Waals surface area contributed by atoms with Crippen LogP contribution in [0.5, 0.6) is 5.75 Å². The third-order valence-electron chi connectivity index (χ3n) is 15.6. The molecule has 11 rings (SSSR count). The van der Waals surface area contributed by atoms with Gasteiger partial charge in [0.1, 0.15) is 35.3 Å². The number of hydrogen-bond donors (Lipinski definition) is 4. The molecule has 0 spiro atoms. The van der Waals surface area contributed by atoms with Crippen molar-refractivity contribution in [1.29, 1.82) is 0 Å². The molecule has 4 N–H and O–H groups in total. The molecule has 0 radical (unpaired) electrons. The molecule has 17 nitrogen and oxygen atoms in total. The van der Waals surface area contributed by atoms with Gasteiger partial charge in [-0.1, -0.05) is 26.8 Å². The molecular formula is C54H62FN9O8S. The van der Waals surface area contributed by atoms with Gasteiger partial charge in [-0.3, -0.25) is 14.2 Å². The molecule has 4 aliphatic heterocycles. The molecule has 3 saturated heterocycles. The lowest BCUT2D eigenvalue weighted by molar-refractivity contribution is -0.140. The van der Waals surface area contributed by atoms with Crippen LogP contribution >= 0.6 is 11.3 Å². The summed E-state index contributed by atoms with van der Waals surface area (Å²) in [6.45, 7) is 10.4. The van der Waals surface area contributed by atoms with Crippen molar-refractivity contribution in [2.45, 2.75) is 128 Å². The van der Waals surface area contributed by atoms with Crippen molar-refractivity contribution in [3.8, 4) is 39.5 Å². The van der Waals surface area contributed by atoms with E-state index < -0.39 is 36.3 Å². The zero-order valence-electron chi connectivity index (χ0n) is 42.1. The first kappa shape index (κ1) is 48.5. The Morgan fingerprint density at radius 3 is 2.27 bits per heavy atom. The predicted octanol–water partition coefficient (Wildman–Crippen LogP) is 9.43. The Balaban J connectivity index is 0.893. The zero-order chi connectivity index (χ0) is 51.0. The molecule has 10 atom stereocenters. The van der Waals surface area contributed by atoms with E-state index in [4.69, 9.17) is 28.9 Å². The van der Waals surface area contributed by atoms with Gasteiger partial charge in [0.05, 0.1) is 83.9 Å². The number of carbonyl (C=O) groups excluding carboxylic acids is 4. The third kappa shape index (κ3) is 8.91. The summed E-state index contributed by atoms with van der Waals surface area (Å²) >= 11 is 1.66. The molecule has 0 bridgehead atoms. The van der Waals surface area contributed by atoms with Gasteiger partial charge in [0.2, 0.25) is 18.0 Å². The molecule has 6 aromatic rings. The quantitative estimate of drug-likeness (QED) is 0.0916. The average Bonchev–Trinajstić information content (AvgIpc) is 4.14. The smallest absolute Gasteiger partial charge is 0.407 e. The number of piperidine rings is 1. The highest BCUT2D eigenvalue weighted by atomic mass is 32.1. The number of imidazole rings is 2. The lowest BCUT2D eigenvalue weighted by Gasteiger charge is -2.38. The summed E-state index contributed by atoms with van der Waals surface area (Å²) in [4.78, 5) is 75.8. The minimum Gasteiger partial charge on any atom is -0.464 e. The number of ether oxygens (including phenoxy) is 4. The van der Waals surface area contributed by atoms with Crippen molar-refractivity contribution in [2.24, 2.45) is 17.8 Å². The van der Waals surface area contributed by atoms with Crippen LogP contribution in [-0.4, -0.2) is 109 Å². The molecule has 384 valence electrons. The summed E-state index contributed by atoms with van der Waals surface area (Å²) in [7, 11) is 2.58. The number of alkyl carbamates (subject to hydrolysis) is 2. The van der Waals surface area contributed by atoms with Gasteiger partial charge in [0.25, 0.3) is 0 Å². The number of benzene rings is 2. The van der Waals surface area contributed by atoms with E-state index in [-0.39, 0.29) is 54.0 Å². The predicted molar refractivity (Wildman–Crippen MR) is 271 cm³/mol. The first-order valence-corrected chi connectivity index (χ1v) is 26.3. The monoisotopic (exact) mass is 1020 g/mol. The van der Waals surface area contributed by atoms with Crippen LogP contribution < -0.4 is 15.4 Å². The zero-order valence-corrected chi connectivity index (χ0v) is 42.9. The van der Waals surface area contributed by atoms with Gasteiger partial charge >= 0.3 is 12.2 Å². The van der Waals surface area contributed by atoms with Crippen LogP contribution in [0.2, 0.25) is 0 Å². The van der Waals surface area contributed by atoms with Crippen molar-refractivity contribution in [2.75, 3.05) is 20.8 Å². The topological polar surface area (TPSA) is 198 Å². The standard InChI is InChI=1S/C54H62FN9O8S/c1-8-34-12-14-44(73-34)52-64-38-13-11-29(36-24-57-49(58-36)42-22-32-20-40(32)63(42)51(66)47(61-54(68)70-7)33-16-27(4)71-28(5)17-33)18-31(38)21-41(64)45-35(55)19-30(23-43(45)72-52)37-25-56-48(59-37)39-10-9-15-62(39)50(65)46(26(2)3)60-53(67)69-6/h11-14,18-19,21,23-28,32-33,39-40,42,46-47,52H,8-10,15-17,20,22H2,1-7H3,(H,56,59)(H,57,58)(H,60,67)(H,61,68)/t27-,28+,32-,33?,39+,40-,42+,46+,47?,52?/m1/s1. The molecule has 8 heterocycles. The van der Waals surface area contributed by atoms with Gasteiger partial charge in [-0.25, -0.2) is 23.9 Å². The SMILES string of the molecule is CCc1ccc(C2Oc3cc(-c4cnc([C@@H]5CCCN5C(=O)[C@@H](NC(=O)OC)C(C)C)[nH]4)cc(F)c3-c3cc4cc(-c5cnc([C@@H]6C[C@H]7C[C@H]7N6C(=O)C(NC(=O)OC)C6C[C@@H](C)O[C@@H](C)C6)[nH]5)ccc4n32)s1. The number of hydrogen-bond acceptors (Lipinski definition) is 11. The highest BCUT2D eigenvalue weighted by Crippen LogP contribution is 2.54. The lowest BCUT2D eigenvalue weighted by atomic mass is 9.85. The number of nitrogens with zero attached hydrogens (tertiary/aromatic N) is 5. The highest BCUT2D eigenvalue weighted by Gasteiger charge is 2.57. The number of rotatable bonds is 12. The van der Waals surface area contributed by atoms with E-state index in [1.54, 1.807) is 28.6 Å². The maximum Gasteiger partial charge on any atom is 0.407 e. The number of fused-ring (bicyclic) bond motifs is 6. The van der Waals surface area contributed by atoms with Gasteiger partial charge in [0, 0.05) is 34.0 Å². The second-order valence-electron chi connectivity index (χ2n) is 20.7. The van der Waals surface area contributed by atoms with Crippen molar-refractivity contribution in [3.63, 3.8) is 0 Å². The Bertz CT molecular complexity index is 3100. The second-order valence-corrected chi connectivity index (χ2v) is 21.9. The van der Waals surface area contributed by atoms with E-state index >= 15 is 4.39 Å². The van der Waals surface area contributed by atoms with Gasteiger partial charge in [0.15, 0.2) is 0 Å². The van der Waals surface area contributed by atoms with Crippen LogP contribution in [0.25, 0.3) is 44.7 Å². The van der Waals surface area contributed by atoms with E-state index in [1.165, 1.54) is 25.2 Å². The molecule has 4 fully saturated rings. The summed E-state index contributed by atoms with van der Waals surface area (Å²) in [5.74, 6) is 0.930. The largest absolute Gasteiger partial charge is 0.464 e. The Morgan fingerprint density at radius 2 is 1.58 bits per heavy atom. The minimum absolute atomic E-state index is 0.0471. The fraction of sp³-hybridized carbons (Fsp3) is 0.481. The number of nitrogens with one attached hydrogen (secondary N) is 4. The molecule has 1 saturated carbocycles. The number of aryl methyl sites for hydroxylation is 1. The Morgan fingerprint density at radius 1 is 0.863 bits per heavy atom. The highest BCUT2D eigenvalue weighted by molar-refractivity contribution is 7.12. The van der Waals surface area contributed by atoms with Crippen molar-refractivity contribution >= 4 is 46.2 Å². The fourth-order valence-corrected chi connectivity index (χ4v) is 12.9. The first-order valence-electron chi connectivity index (χ1n) is 25.5. The van der Waals surface area contributed by atoms with E-state index in [9.17, 15) is 19.2 Å². The fourth-order valence-electron chi connectivity index (χ4n) is 12.0. The van der Waals surface area contributed by atoms with Crippen LogP contribution in [0.3, 0.4) is 0 Å². The van der Waals surface area contributed by atoms with Crippen LogP contribution in [0.4, 0.5) is 14.0 Å².